The van der Waals surface area contributed by atoms with Crippen LogP contribution < -0.4 is 10.2 Å². The second-order valence-electron chi connectivity index (χ2n) is 7.57. The van der Waals surface area contributed by atoms with Gasteiger partial charge in [-0.1, -0.05) is 12.1 Å². The molecule has 5 nitrogen and oxygen atoms in total. The van der Waals surface area contributed by atoms with E-state index in [2.05, 4.69) is 39.0 Å². The van der Waals surface area contributed by atoms with Crippen molar-refractivity contribution in [3.8, 4) is 11.8 Å². The van der Waals surface area contributed by atoms with E-state index in [9.17, 15) is 10.1 Å². The molecule has 0 aliphatic carbocycles. The van der Waals surface area contributed by atoms with Crippen molar-refractivity contribution in [3.63, 3.8) is 0 Å². The summed E-state index contributed by atoms with van der Waals surface area (Å²) in [6, 6.07) is 19.8. The normalized spacial score (nSPS) is 11.1. The van der Waals surface area contributed by atoms with E-state index in [4.69, 9.17) is 0 Å². The maximum Gasteiger partial charge on any atom is 0.266 e. The number of rotatable bonds is 5. The molecule has 0 bridgehead atoms. The maximum atomic E-state index is 12.6. The Balaban J connectivity index is 1.91. The van der Waals surface area contributed by atoms with Crippen molar-refractivity contribution in [2.45, 2.75) is 20.8 Å². The van der Waals surface area contributed by atoms with Gasteiger partial charge in [-0.2, -0.15) is 5.26 Å². The van der Waals surface area contributed by atoms with Crippen LogP contribution in [-0.4, -0.2) is 24.6 Å². The van der Waals surface area contributed by atoms with Crippen molar-refractivity contribution in [2.75, 3.05) is 24.3 Å². The Kier molecular flexibility index (Phi) is 6.08. The number of nitriles is 1. The number of carbonyl (C=O) groups excluding carboxylic acids is 1. The number of aryl methyl sites for hydroxylation is 2. The predicted octanol–water partition coefficient (Wildman–Crippen LogP) is 5.01. The largest absolute Gasteiger partial charge is 0.378 e. The average Bonchev–Trinajstić information content (AvgIpc) is 2.99. The molecule has 0 saturated carbocycles. The van der Waals surface area contributed by atoms with Gasteiger partial charge in [0.05, 0.1) is 0 Å². The van der Waals surface area contributed by atoms with Gasteiger partial charge in [-0.25, -0.2) is 0 Å². The molecule has 1 N–H and O–H groups in total. The molecule has 152 valence electrons. The smallest absolute Gasteiger partial charge is 0.266 e. The summed E-state index contributed by atoms with van der Waals surface area (Å²) >= 11 is 0. The van der Waals surface area contributed by atoms with Gasteiger partial charge in [0.1, 0.15) is 11.6 Å². The van der Waals surface area contributed by atoms with E-state index < -0.39 is 5.91 Å². The lowest BCUT2D eigenvalue weighted by atomic mass is 10.1. The van der Waals surface area contributed by atoms with Gasteiger partial charge in [-0.05, 0) is 80.4 Å². The van der Waals surface area contributed by atoms with Crippen LogP contribution in [0, 0.1) is 32.1 Å². The number of nitrogens with one attached hydrogen (secondary N) is 1. The van der Waals surface area contributed by atoms with E-state index in [0.717, 1.165) is 33.9 Å². The Hall–Kier alpha value is -3.78. The SMILES string of the molecule is Cc1cccc(NC(=O)C(C#N)=Cc2cc(C)n(-c3ccc(N(C)C)cc3)c2C)c1. The molecule has 1 amide bonds. The Bertz CT molecular complexity index is 1140. The van der Waals surface area contributed by atoms with E-state index >= 15 is 0 Å². The highest BCUT2D eigenvalue weighted by molar-refractivity contribution is 6.09. The Morgan fingerprint density at radius 2 is 1.77 bits per heavy atom. The molecule has 3 aromatic rings. The van der Waals surface area contributed by atoms with E-state index in [1.807, 2.05) is 71.3 Å². The van der Waals surface area contributed by atoms with Crippen LogP contribution in [-0.2, 0) is 4.79 Å². The lowest BCUT2D eigenvalue weighted by Gasteiger charge is -2.14. The minimum absolute atomic E-state index is 0.0692. The summed E-state index contributed by atoms with van der Waals surface area (Å²) in [6.07, 6.45) is 1.65. The number of nitrogens with zero attached hydrogens (tertiary/aromatic N) is 3. The summed E-state index contributed by atoms with van der Waals surface area (Å²) in [5, 5.41) is 12.4. The fraction of sp³-hybridized carbons (Fsp3) is 0.200. The number of anilines is 2. The van der Waals surface area contributed by atoms with Gasteiger partial charge in [0, 0.05) is 42.5 Å². The first-order valence-electron chi connectivity index (χ1n) is 9.76. The highest BCUT2D eigenvalue weighted by Crippen LogP contribution is 2.24. The first-order valence-corrected chi connectivity index (χ1v) is 9.76. The number of hydrogen-bond donors (Lipinski definition) is 1. The molecule has 0 aliphatic rings. The van der Waals surface area contributed by atoms with Gasteiger partial charge in [-0.15, -0.1) is 0 Å². The minimum atomic E-state index is -0.414. The van der Waals surface area contributed by atoms with E-state index in [0.29, 0.717) is 5.69 Å². The van der Waals surface area contributed by atoms with Crippen LogP contribution in [0.5, 0.6) is 0 Å². The molecule has 2 aromatic carbocycles. The Morgan fingerprint density at radius 1 is 1.07 bits per heavy atom. The minimum Gasteiger partial charge on any atom is -0.378 e. The van der Waals surface area contributed by atoms with Gasteiger partial charge in [0.15, 0.2) is 0 Å². The first-order chi connectivity index (χ1) is 14.3. The zero-order valence-electron chi connectivity index (χ0n) is 18.0. The zero-order valence-corrected chi connectivity index (χ0v) is 18.0. The van der Waals surface area contributed by atoms with Gasteiger partial charge in [0.25, 0.3) is 5.91 Å². The second kappa shape index (κ2) is 8.71. The summed E-state index contributed by atoms with van der Waals surface area (Å²) in [6.45, 7) is 5.96. The van der Waals surface area contributed by atoms with Crippen LogP contribution in [0.1, 0.15) is 22.5 Å². The fourth-order valence-corrected chi connectivity index (χ4v) is 3.46. The molecule has 0 radical (unpaired) electrons. The third kappa shape index (κ3) is 4.44. The standard InChI is InChI=1S/C25H26N4O/c1-17-7-6-8-22(13-17)27-25(30)21(16-26)15-20-14-18(2)29(19(20)3)24-11-9-23(10-12-24)28(4)5/h6-15H,1-5H3,(H,27,30). The average molecular weight is 399 g/mol. The number of benzene rings is 2. The molecule has 0 spiro atoms. The molecule has 5 heteroatoms. The second-order valence-corrected chi connectivity index (χ2v) is 7.57. The lowest BCUT2D eigenvalue weighted by Crippen LogP contribution is -2.13. The molecule has 0 fully saturated rings. The van der Waals surface area contributed by atoms with Crippen LogP contribution in [0.2, 0.25) is 0 Å². The summed E-state index contributed by atoms with van der Waals surface area (Å²) < 4.78 is 2.12. The van der Waals surface area contributed by atoms with Gasteiger partial charge < -0.3 is 14.8 Å². The highest BCUT2D eigenvalue weighted by Gasteiger charge is 2.14. The maximum absolute atomic E-state index is 12.6. The van der Waals surface area contributed by atoms with Crippen molar-refractivity contribution in [2.24, 2.45) is 0 Å². The molecule has 0 unspecified atom stereocenters. The first kappa shape index (κ1) is 20.9. The van der Waals surface area contributed by atoms with Crippen molar-refractivity contribution < 1.29 is 4.79 Å². The molecule has 0 aliphatic heterocycles. The van der Waals surface area contributed by atoms with Crippen LogP contribution in [0.3, 0.4) is 0 Å². The molecule has 30 heavy (non-hydrogen) atoms. The van der Waals surface area contributed by atoms with E-state index in [-0.39, 0.29) is 5.57 Å². The lowest BCUT2D eigenvalue weighted by molar-refractivity contribution is -0.112. The molecule has 0 atom stereocenters. The van der Waals surface area contributed by atoms with Gasteiger partial charge >= 0.3 is 0 Å². The van der Waals surface area contributed by atoms with Crippen molar-refractivity contribution in [1.29, 1.82) is 5.26 Å². The highest BCUT2D eigenvalue weighted by atomic mass is 16.1. The topological polar surface area (TPSA) is 61.1 Å². The van der Waals surface area contributed by atoms with Gasteiger partial charge in [0.2, 0.25) is 0 Å². The molecule has 3 rings (SSSR count). The fourth-order valence-electron chi connectivity index (χ4n) is 3.46. The van der Waals surface area contributed by atoms with E-state index in [1.54, 1.807) is 6.08 Å². The molecular formula is C25H26N4O. The Labute approximate surface area is 177 Å². The van der Waals surface area contributed by atoms with Gasteiger partial charge in [-0.3, -0.25) is 4.79 Å². The molecule has 1 heterocycles. The predicted molar refractivity (Wildman–Crippen MR) is 123 cm³/mol. The van der Waals surface area contributed by atoms with Crippen molar-refractivity contribution in [3.05, 3.63) is 82.7 Å². The zero-order chi connectivity index (χ0) is 21.8. The van der Waals surface area contributed by atoms with E-state index in [1.165, 1.54) is 0 Å². The summed E-state index contributed by atoms with van der Waals surface area (Å²) in [5.41, 5.74) is 6.80. The quantitative estimate of drug-likeness (QED) is 0.485. The van der Waals surface area contributed by atoms with Crippen LogP contribution in [0.15, 0.2) is 60.2 Å². The van der Waals surface area contributed by atoms with Crippen LogP contribution in [0.25, 0.3) is 11.8 Å². The third-order valence-electron chi connectivity index (χ3n) is 5.04. The third-order valence-corrected chi connectivity index (χ3v) is 5.04. The van der Waals surface area contributed by atoms with Crippen molar-refractivity contribution >= 4 is 23.4 Å². The monoisotopic (exact) mass is 398 g/mol. The summed E-state index contributed by atoms with van der Waals surface area (Å²) in [5.74, 6) is -0.414. The van der Waals surface area contributed by atoms with Crippen molar-refractivity contribution in [1.82, 2.24) is 4.57 Å². The molecule has 1 aromatic heterocycles. The van der Waals surface area contributed by atoms with Crippen LogP contribution >= 0.6 is 0 Å². The van der Waals surface area contributed by atoms with Crippen LogP contribution in [0.4, 0.5) is 11.4 Å². The number of aromatic nitrogens is 1. The number of amides is 1. The number of hydrogen-bond acceptors (Lipinski definition) is 3. The summed E-state index contributed by atoms with van der Waals surface area (Å²) in [7, 11) is 4.02. The molecule has 0 saturated heterocycles. The summed E-state index contributed by atoms with van der Waals surface area (Å²) in [4.78, 5) is 14.7. The number of carbonyl (C=O) groups is 1. The molecular weight excluding hydrogens is 372 g/mol. The Morgan fingerprint density at radius 3 is 2.37 bits per heavy atom.